The van der Waals surface area contributed by atoms with Gasteiger partial charge in [-0.15, -0.1) is 0 Å². The SMILES string of the molecule is CCCN(CC)CCNC1CCCOc2cc(Br)ccc21. The quantitative estimate of drug-likeness (QED) is 0.801. The predicted octanol–water partition coefficient (Wildman–Crippen LogP) is 3.98. The molecule has 1 heterocycles. The second-order valence-electron chi connectivity index (χ2n) is 5.61. The van der Waals surface area contributed by atoms with E-state index in [4.69, 9.17) is 4.74 Å². The molecule has 118 valence electrons. The maximum absolute atomic E-state index is 5.87. The van der Waals surface area contributed by atoms with Crippen LogP contribution >= 0.6 is 15.9 Å². The highest BCUT2D eigenvalue weighted by Crippen LogP contribution is 2.33. The molecule has 0 saturated heterocycles. The standard InChI is InChI=1S/C17H27BrN2O/c1-3-10-20(4-2)11-9-19-16-6-5-12-21-17-13-14(18)7-8-15(16)17/h7-8,13,16,19H,3-6,9-12H2,1-2H3. The number of halogens is 1. The molecule has 0 spiro atoms. The van der Waals surface area contributed by atoms with Gasteiger partial charge in [0.05, 0.1) is 6.61 Å². The van der Waals surface area contributed by atoms with Crippen LogP contribution in [0.25, 0.3) is 0 Å². The van der Waals surface area contributed by atoms with E-state index in [0.717, 1.165) is 49.3 Å². The fourth-order valence-electron chi connectivity index (χ4n) is 2.90. The number of ether oxygens (including phenoxy) is 1. The number of fused-ring (bicyclic) bond motifs is 1. The average molecular weight is 355 g/mol. The third kappa shape index (κ3) is 4.97. The van der Waals surface area contributed by atoms with Crippen molar-refractivity contribution in [3.63, 3.8) is 0 Å². The molecular formula is C17H27BrN2O. The summed E-state index contributed by atoms with van der Waals surface area (Å²) in [5, 5.41) is 3.72. The number of hydrogen-bond acceptors (Lipinski definition) is 3. The Morgan fingerprint density at radius 1 is 1.33 bits per heavy atom. The molecule has 0 saturated carbocycles. The molecule has 1 atom stereocenters. The Kier molecular flexibility index (Phi) is 7.00. The van der Waals surface area contributed by atoms with Crippen molar-refractivity contribution in [2.45, 2.75) is 39.2 Å². The third-order valence-corrected chi connectivity index (χ3v) is 4.54. The molecular weight excluding hydrogens is 328 g/mol. The van der Waals surface area contributed by atoms with Crippen molar-refractivity contribution in [1.29, 1.82) is 0 Å². The number of rotatable bonds is 7. The van der Waals surface area contributed by atoms with E-state index in [0.29, 0.717) is 6.04 Å². The second-order valence-corrected chi connectivity index (χ2v) is 6.53. The van der Waals surface area contributed by atoms with Crippen LogP contribution in [0.15, 0.2) is 22.7 Å². The molecule has 1 aromatic carbocycles. The highest BCUT2D eigenvalue weighted by molar-refractivity contribution is 9.10. The number of nitrogens with zero attached hydrogens (tertiary/aromatic N) is 1. The first kappa shape index (κ1) is 16.8. The maximum Gasteiger partial charge on any atom is 0.125 e. The van der Waals surface area contributed by atoms with Crippen LogP contribution in [0.3, 0.4) is 0 Å². The van der Waals surface area contributed by atoms with Crippen LogP contribution in [0.1, 0.15) is 44.7 Å². The van der Waals surface area contributed by atoms with E-state index in [1.807, 2.05) is 0 Å². The molecule has 0 amide bonds. The van der Waals surface area contributed by atoms with E-state index >= 15 is 0 Å². The van der Waals surface area contributed by atoms with Gasteiger partial charge in [0.2, 0.25) is 0 Å². The van der Waals surface area contributed by atoms with Crippen LogP contribution in [0.5, 0.6) is 5.75 Å². The van der Waals surface area contributed by atoms with Crippen LogP contribution < -0.4 is 10.1 Å². The first-order chi connectivity index (χ1) is 10.2. The van der Waals surface area contributed by atoms with E-state index < -0.39 is 0 Å². The predicted molar refractivity (Wildman–Crippen MR) is 92.0 cm³/mol. The Balaban J connectivity index is 1.94. The van der Waals surface area contributed by atoms with Gasteiger partial charge in [-0.25, -0.2) is 0 Å². The van der Waals surface area contributed by atoms with Crippen molar-refractivity contribution >= 4 is 15.9 Å². The molecule has 0 bridgehead atoms. The molecule has 1 aliphatic heterocycles. The van der Waals surface area contributed by atoms with E-state index in [1.54, 1.807) is 0 Å². The van der Waals surface area contributed by atoms with Crippen molar-refractivity contribution in [3.05, 3.63) is 28.2 Å². The first-order valence-corrected chi connectivity index (χ1v) is 8.91. The van der Waals surface area contributed by atoms with Crippen molar-refractivity contribution < 1.29 is 4.74 Å². The molecule has 2 rings (SSSR count). The molecule has 0 fully saturated rings. The molecule has 3 nitrogen and oxygen atoms in total. The Bertz CT molecular complexity index is 439. The van der Waals surface area contributed by atoms with Gasteiger partial charge in [-0.2, -0.15) is 0 Å². The zero-order valence-corrected chi connectivity index (χ0v) is 14.8. The molecule has 1 aliphatic rings. The van der Waals surface area contributed by atoms with Gasteiger partial charge in [-0.3, -0.25) is 0 Å². The molecule has 21 heavy (non-hydrogen) atoms. The molecule has 0 aromatic heterocycles. The van der Waals surface area contributed by atoms with Crippen LogP contribution in [0.4, 0.5) is 0 Å². The summed E-state index contributed by atoms with van der Waals surface area (Å²) in [5.41, 5.74) is 1.30. The van der Waals surface area contributed by atoms with Gasteiger partial charge in [-0.05, 0) is 44.5 Å². The molecule has 0 radical (unpaired) electrons. The lowest BCUT2D eigenvalue weighted by molar-refractivity contribution is 0.280. The van der Waals surface area contributed by atoms with E-state index in [9.17, 15) is 0 Å². The minimum Gasteiger partial charge on any atom is -0.493 e. The average Bonchev–Trinajstić information content (AvgIpc) is 2.68. The van der Waals surface area contributed by atoms with Crippen molar-refractivity contribution in [3.8, 4) is 5.75 Å². The van der Waals surface area contributed by atoms with E-state index in [1.165, 1.54) is 18.5 Å². The summed E-state index contributed by atoms with van der Waals surface area (Å²) in [7, 11) is 0. The minimum atomic E-state index is 0.413. The summed E-state index contributed by atoms with van der Waals surface area (Å²) in [6, 6.07) is 6.80. The number of likely N-dealkylation sites (N-methyl/N-ethyl adjacent to an activating group) is 1. The third-order valence-electron chi connectivity index (χ3n) is 4.05. The van der Waals surface area contributed by atoms with Crippen LogP contribution in [-0.2, 0) is 0 Å². The van der Waals surface area contributed by atoms with Gasteiger partial charge in [0, 0.05) is 29.2 Å². The summed E-state index contributed by atoms with van der Waals surface area (Å²) in [4.78, 5) is 2.50. The van der Waals surface area contributed by atoms with Gasteiger partial charge in [0.1, 0.15) is 5.75 Å². The van der Waals surface area contributed by atoms with Crippen molar-refractivity contribution in [2.24, 2.45) is 0 Å². The highest BCUT2D eigenvalue weighted by Gasteiger charge is 2.19. The topological polar surface area (TPSA) is 24.5 Å². The fraction of sp³-hybridized carbons (Fsp3) is 0.647. The fourth-order valence-corrected chi connectivity index (χ4v) is 3.24. The summed E-state index contributed by atoms with van der Waals surface area (Å²) < 4.78 is 6.95. The Morgan fingerprint density at radius 2 is 2.19 bits per heavy atom. The van der Waals surface area contributed by atoms with Gasteiger partial charge >= 0.3 is 0 Å². The van der Waals surface area contributed by atoms with E-state index in [-0.39, 0.29) is 0 Å². The molecule has 1 unspecified atom stereocenters. The number of benzene rings is 1. The van der Waals surface area contributed by atoms with Gasteiger partial charge in [0.25, 0.3) is 0 Å². The summed E-state index contributed by atoms with van der Waals surface area (Å²) in [6.07, 6.45) is 3.48. The normalized spacial score (nSPS) is 18.2. The summed E-state index contributed by atoms with van der Waals surface area (Å²) >= 11 is 3.53. The zero-order valence-electron chi connectivity index (χ0n) is 13.2. The monoisotopic (exact) mass is 354 g/mol. The summed E-state index contributed by atoms with van der Waals surface area (Å²) in [6.45, 7) is 9.78. The van der Waals surface area contributed by atoms with Gasteiger partial charge in [-0.1, -0.05) is 35.8 Å². The lowest BCUT2D eigenvalue weighted by Gasteiger charge is -2.23. The number of hydrogen-bond donors (Lipinski definition) is 1. The van der Waals surface area contributed by atoms with Crippen LogP contribution in [0.2, 0.25) is 0 Å². The number of nitrogens with one attached hydrogen (secondary N) is 1. The van der Waals surface area contributed by atoms with Gasteiger partial charge < -0.3 is 15.0 Å². The highest BCUT2D eigenvalue weighted by atomic mass is 79.9. The van der Waals surface area contributed by atoms with Crippen molar-refractivity contribution in [2.75, 3.05) is 32.8 Å². The van der Waals surface area contributed by atoms with Gasteiger partial charge in [0.15, 0.2) is 0 Å². The second kappa shape index (κ2) is 8.76. The summed E-state index contributed by atoms with van der Waals surface area (Å²) in [5.74, 6) is 1.03. The minimum absolute atomic E-state index is 0.413. The maximum atomic E-state index is 5.87. The Labute approximate surface area is 137 Å². The van der Waals surface area contributed by atoms with Crippen LogP contribution in [0, 0.1) is 0 Å². The molecule has 1 N–H and O–H groups in total. The first-order valence-electron chi connectivity index (χ1n) is 8.12. The molecule has 4 heteroatoms. The van der Waals surface area contributed by atoms with E-state index in [2.05, 4.69) is 58.2 Å². The largest absolute Gasteiger partial charge is 0.493 e. The van der Waals surface area contributed by atoms with Crippen LogP contribution in [-0.4, -0.2) is 37.7 Å². The molecule has 0 aliphatic carbocycles. The Hall–Kier alpha value is -0.580. The molecule has 1 aromatic rings. The van der Waals surface area contributed by atoms with Crippen molar-refractivity contribution in [1.82, 2.24) is 10.2 Å². The smallest absolute Gasteiger partial charge is 0.125 e. The lowest BCUT2D eigenvalue weighted by atomic mass is 10.0. The Morgan fingerprint density at radius 3 is 2.95 bits per heavy atom. The zero-order chi connectivity index (χ0) is 15.1. The lowest BCUT2D eigenvalue weighted by Crippen LogP contribution is -2.34.